The number of amides is 1. The number of ether oxygens (including phenoxy) is 1. The van der Waals surface area contributed by atoms with Crippen molar-refractivity contribution >= 4 is 17.7 Å². The maximum atomic E-state index is 11.9. The quantitative estimate of drug-likeness (QED) is 0.542. The molecule has 0 aliphatic carbocycles. The summed E-state index contributed by atoms with van der Waals surface area (Å²) in [5, 5.41) is 9.18. The van der Waals surface area contributed by atoms with Crippen LogP contribution in [0, 0.1) is 6.92 Å². The van der Waals surface area contributed by atoms with Crippen LogP contribution in [0.15, 0.2) is 23.2 Å². The molecular weight excluding hydrogens is 306 g/mol. The van der Waals surface area contributed by atoms with Crippen LogP contribution in [0.5, 0.6) is 0 Å². The zero-order valence-electron chi connectivity index (χ0n) is 14.7. The van der Waals surface area contributed by atoms with Crippen LogP contribution < -0.4 is 16.0 Å². The highest BCUT2D eigenvalue weighted by molar-refractivity contribution is 5.90. The van der Waals surface area contributed by atoms with Gasteiger partial charge in [-0.3, -0.25) is 9.79 Å². The Hall–Kier alpha value is -2.15. The van der Waals surface area contributed by atoms with Gasteiger partial charge in [0.1, 0.15) is 5.82 Å². The average Bonchev–Trinajstić information content (AvgIpc) is 2.97. The van der Waals surface area contributed by atoms with E-state index in [-0.39, 0.29) is 11.5 Å². The molecule has 2 heterocycles. The number of carbonyl (C=O) groups excluding carboxylic acids is 1. The number of hydrogen-bond acceptors (Lipinski definition) is 4. The van der Waals surface area contributed by atoms with Gasteiger partial charge in [0.15, 0.2) is 5.96 Å². The van der Waals surface area contributed by atoms with E-state index in [1.165, 1.54) is 0 Å². The summed E-state index contributed by atoms with van der Waals surface area (Å²) in [6, 6.07) is 5.54. The Labute approximate surface area is 143 Å². The number of pyridine rings is 1. The number of anilines is 1. The van der Waals surface area contributed by atoms with Crippen LogP contribution in [0.3, 0.4) is 0 Å². The molecule has 0 saturated carbocycles. The van der Waals surface area contributed by atoms with Crippen LogP contribution in [0.4, 0.5) is 5.82 Å². The molecule has 7 heteroatoms. The van der Waals surface area contributed by atoms with Crippen LogP contribution >= 0.6 is 0 Å². The molecule has 0 bridgehead atoms. The van der Waals surface area contributed by atoms with Gasteiger partial charge >= 0.3 is 0 Å². The minimum atomic E-state index is -0.133. The largest absolute Gasteiger partial charge is 0.373 e. The number of aryl methyl sites for hydroxylation is 1. The first-order valence-corrected chi connectivity index (χ1v) is 8.33. The molecule has 0 radical (unpaired) electrons. The predicted octanol–water partition coefficient (Wildman–Crippen LogP) is 1.45. The molecule has 1 fully saturated rings. The Morgan fingerprint density at radius 3 is 2.92 bits per heavy atom. The van der Waals surface area contributed by atoms with Crippen LogP contribution in [-0.2, 0) is 9.53 Å². The van der Waals surface area contributed by atoms with Crippen molar-refractivity contribution in [3.63, 3.8) is 0 Å². The summed E-state index contributed by atoms with van der Waals surface area (Å²) in [6.45, 7) is 6.00. The van der Waals surface area contributed by atoms with Crippen molar-refractivity contribution < 1.29 is 9.53 Å². The van der Waals surface area contributed by atoms with Crippen molar-refractivity contribution in [3.05, 3.63) is 23.9 Å². The van der Waals surface area contributed by atoms with Gasteiger partial charge in [-0.1, -0.05) is 6.07 Å². The number of hydrogen-bond donors (Lipinski definition) is 3. The standard InChI is InChI=1S/C17H27N5O2/c1-13-6-4-7-14(21-13)22-15(23)8-10-19-16(18-3)20-12-17(2)9-5-11-24-17/h4,6-7H,5,8-12H2,1-3H3,(H2,18,19,20)(H,21,22,23). The Balaban J connectivity index is 1.68. The molecule has 1 aliphatic rings. The maximum absolute atomic E-state index is 11.9. The second kappa shape index (κ2) is 8.63. The van der Waals surface area contributed by atoms with Crippen molar-refractivity contribution in [3.8, 4) is 0 Å². The number of rotatable bonds is 6. The molecule has 1 aromatic rings. The lowest BCUT2D eigenvalue weighted by molar-refractivity contribution is -0.116. The average molecular weight is 333 g/mol. The predicted molar refractivity (Wildman–Crippen MR) is 95.2 cm³/mol. The molecule has 7 nitrogen and oxygen atoms in total. The molecule has 0 spiro atoms. The van der Waals surface area contributed by atoms with Gasteiger partial charge in [-0.25, -0.2) is 4.98 Å². The number of aromatic nitrogens is 1. The van der Waals surface area contributed by atoms with E-state index in [9.17, 15) is 4.79 Å². The lowest BCUT2D eigenvalue weighted by Crippen LogP contribution is -2.46. The summed E-state index contributed by atoms with van der Waals surface area (Å²) in [6.07, 6.45) is 2.48. The topological polar surface area (TPSA) is 87.6 Å². The summed E-state index contributed by atoms with van der Waals surface area (Å²) in [5.41, 5.74) is 0.740. The molecule has 3 N–H and O–H groups in total. The Bertz CT molecular complexity index is 582. The molecule has 132 valence electrons. The van der Waals surface area contributed by atoms with E-state index in [4.69, 9.17) is 4.74 Å². The van der Waals surface area contributed by atoms with Gasteiger partial charge in [0, 0.05) is 38.9 Å². The third-order valence-corrected chi connectivity index (χ3v) is 3.95. The first-order valence-electron chi connectivity index (χ1n) is 8.33. The molecular formula is C17H27N5O2. The Morgan fingerprint density at radius 1 is 1.42 bits per heavy atom. The smallest absolute Gasteiger partial charge is 0.227 e. The summed E-state index contributed by atoms with van der Waals surface area (Å²) >= 11 is 0. The van der Waals surface area contributed by atoms with Crippen molar-refractivity contribution in [1.29, 1.82) is 0 Å². The van der Waals surface area contributed by atoms with Crippen molar-refractivity contribution in [2.45, 2.75) is 38.7 Å². The van der Waals surface area contributed by atoms with Gasteiger partial charge in [-0.15, -0.1) is 0 Å². The fourth-order valence-electron chi connectivity index (χ4n) is 2.58. The molecule has 1 saturated heterocycles. The van der Waals surface area contributed by atoms with E-state index >= 15 is 0 Å². The van der Waals surface area contributed by atoms with E-state index < -0.39 is 0 Å². The van der Waals surface area contributed by atoms with Gasteiger partial charge < -0.3 is 20.7 Å². The second-order valence-corrected chi connectivity index (χ2v) is 6.22. The highest BCUT2D eigenvalue weighted by Crippen LogP contribution is 2.23. The van der Waals surface area contributed by atoms with Crippen LogP contribution in [-0.4, -0.2) is 49.2 Å². The van der Waals surface area contributed by atoms with Gasteiger partial charge in [0.25, 0.3) is 0 Å². The van der Waals surface area contributed by atoms with Crippen molar-refractivity contribution in [2.24, 2.45) is 4.99 Å². The Kier molecular flexibility index (Phi) is 6.54. The molecule has 2 rings (SSSR count). The molecule has 24 heavy (non-hydrogen) atoms. The molecule has 1 unspecified atom stereocenters. The molecule has 1 amide bonds. The highest BCUT2D eigenvalue weighted by Gasteiger charge is 2.29. The first-order chi connectivity index (χ1) is 11.5. The summed E-state index contributed by atoms with van der Waals surface area (Å²) < 4.78 is 5.74. The second-order valence-electron chi connectivity index (χ2n) is 6.22. The summed E-state index contributed by atoms with van der Waals surface area (Å²) in [7, 11) is 1.71. The Morgan fingerprint density at radius 2 is 2.25 bits per heavy atom. The summed E-state index contributed by atoms with van der Waals surface area (Å²) in [4.78, 5) is 20.4. The maximum Gasteiger partial charge on any atom is 0.227 e. The number of guanidine groups is 1. The monoisotopic (exact) mass is 333 g/mol. The minimum absolute atomic E-state index is 0.0814. The number of carbonyl (C=O) groups is 1. The number of nitrogens with zero attached hydrogens (tertiary/aromatic N) is 2. The van der Waals surface area contributed by atoms with E-state index in [0.717, 1.165) is 25.1 Å². The minimum Gasteiger partial charge on any atom is -0.373 e. The van der Waals surface area contributed by atoms with Crippen LogP contribution in [0.25, 0.3) is 0 Å². The zero-order valence-corrected chi connectivity index (χ0v) is 14.7. The summed E-state index contributed by atoms with van der Waals surface area (Å²) in [5.74, 6) is 1.17. The van der Waals surface area contributed by atoms with E-state index in [0.29, 0.717) is 31.3 Å². The lowest BCUT2D eigenvalue weighted by atomic mass is 10.0. The van der Waals surface area contributed by atoms with Gasteiger partial charge in [0.2, 0.25) is 5.91 Å². The normalized spacial score (nSPS) is 20.7. The van der Waals surface area contributed by atoms with E-state index in [2.05, 4.69) is 32.9 Å². The third kappa shape index (κ3) is 5.81. The van der Waals surface area contributed by atoms with Crippen molar-refractivity contribution in [1.82, 2.24) is 15.6 Å². The third-order valence-electron chi connectivity index (χ3n) is 3.95. The van der Waals surface area contributed by atoms with Gasteiger partial charge in [-0.05, 0) is 38.8 Å². The van der Waals surface area contributed by atoms with Crippen LogP contribution in [0.1, 0.15) is 31.9 Å². The fraction of sp³-hybridized carbons (Fsp3) is 0.588. The zero-order chi connectivity index (χ0) is 17.4. The molecule has 1 aliphatic heterocycles. The molecule has 0 aromatic carbocycles. The number of aliphatic imine (C=N–C) groups is 1. The van der Waals surface area contributed by atoms with Crippen LogP contribution in [0.2, 0.25) is 0 Å². The SMILES string of the molecule is CN=C(NCCC(=O)Nc1cccc(C)n1)NCC1(C)CCCO1. The van der Waals surface area contributed by atoms with E-state index in [1.807, 2.05) is 19.1 Å². The molecule has 1 atom stereocenters. The lowest BCUT2D eigenvalue weighted by Gasteiger charge is -2.24. The molecule has 1 aromatic heterocycles. The fourth-order valence-corrected chi connectivity index (χ4v) is 2.58. The van der Waals surface area contributed by atoms with Gasteiger partial charge in [-0.2, -0.15) is 0 Å². The van der Waals surface area contributed by atoms with Crippen molar-refractivity contribution in [2.75, 3.05) is 32.1 Å². The highest BCUT2D eigenvalue weighted by atomic mass is 16.5. The van der Waals surface area contributed by atoms with Gasteiger partial charge in [0.05, 0.1) is 5.60 Å². The van der Waals surface area contributed by atoms with E-state index in [1.54, 1.807) is 13.1 Å². The number of nitrogens with one attached hydrogen (secondary N) is 3. The first kappa shape index (κ1) is 18.2.